The molecule has 1 atom stereocenters. The molecule has 4 rings (SSSR count). The number of hydrogen-bond acceptors (Lipinski definition) is 3. The van der Waals surface area contributed by atoms with Crippen LogP contribution in [-0.2, 0) is 23.1 Å². The van der Waals surface area contributed by atoms with Crippen LogP contribution >= 0.6 is 0 Å². The molecule has 6 heteroatoms. The van der Waals surface area contributed by atoms with E-state index in [0.717, 1.165) is 50.9 Å². The molecule has 0 radical (unpaired) electrons. The van der Waals surface area contributed by atoms with E-state index in [1.165, 1.54) is 32.1 Å². The number of piperidine rings is 1. The van der Waals surface area contributed by atoms with Gasteiger partial charge in [0.05, 0.1) is 11.6 Å². The molecule has 0 N–H and O–H groups in total. The van der Waals surface area contributed by atoms with Crippen LogP contribution in [0.3, 0.4) is 0 Å². The van der Waals surface area contributed by atoms with Crippen molar-refractivity contribution in [2.75, 3.05) is 26.2 Å². The van der Waals surface area contributed by atoms with Gasteiger partial charge in [0.2, 0.25) is 11.8 Å². The second kappa shape index (κ2) is 8.26. The third-order valence-electron chi connectivity index (χ3n) is 7.12. The lowest BCUT2D eigenvalue weighted by atomic mass is 9.77. The van der Waals surface area contributed by atoms with Crippen LogP contribution in [0, 0.1) is 11.3 Å². The van der Waals surface area contributed by atoms with Crippen molar-refractivity contribution < 1.29 is 9.59 Å². The second-order valence-electron chi connectivity index (χ2n) is 9.23. The first kappa shape index (κ1) is 19.5. The Labute approximate surface area is 168 Å². The Morgan fingerprint density at radius 3 is 2.75 bits per heavy atom. The number of aryl methyl sites for hydroxylation is 2. The summed E-state index contributed by atoms with van der Waals surface area (Å²) in [6.07, 6.45) is 14.4. The largest absolute Gasteiger partial charge is 0.342 e. The van der Waals surface area contributed by atoms with E-state index in [9.17, 15) is 9.59 Å². The van der Waals surface area contributed by atoms with E-state index in [1.807, 2.05) is 24.3 Å². The number of likely N-dealkylation sites (tertiary alicyclic amines) is 2. The van der Waals surface area contributed by atoms with E-state index in [0.29, 0.717) is 24.8 Å². The first-order chi connectivity index (χ1) is 13.6. The summed E-state index contributed by atoms with van der Waals surface area (Å²) < 4.78 is 1.77. The normalized spacial score (nSPS) is 26.4. The van der Waals surface area contributed by atoms with Crippen molar-refractivity contribution in [1.29, 1.82) is 0 Å². The first-order valence-corrected chi connectivity index (χ1v) is 11.1. The summed E-state index contributed by atoms with van der Waals surface area (Å²) in [5.41, 5.74) is 0.786. The third kappa shape index (κ3) is 4.11. The number of carbonyl (C=O) groups is 2. The minimum atomic E-state index is -0.309. The molecule has 1 spiro atoms. The molecule has 2 amide bonds. The lowest BCUT2D eigenvalue weighted by Gasteiger charge is -2.41. The molecule has 2 saturated heterocycles. The van der Waals surface area contributed by atoms with E-state index < -0.39 is 0 Å². The van der Waals surface area contributed by atoms with Crippen LogP contribution in [-0.4, -0.2) is 57.6 Å². The maximum Gasteiger partial charge on any atom is 0.230 e. The van der Waals surface area contributed by atoms with Gasteiger partial charge < -0.3 is 9.80 Å². The topological polar surface area (TPSA) is 58.4 Å². The predicted octanol–water partition coefficient (Wildman–Crippen LogP) is 2.77. The molecule has 1 aliphatic carbocycles. The van der Waals surface area contributed by atoms with Crippen molar-refractivity contribution in [2.24, 2.45) is 18.4 Å². The van der Waals surface area contributed by atoms with Gasteiger partial charge >= 0.3 is 0 Å². The SMILES string of the molecule is Cn1cc(CCC(=O)N2CCC3(CCCN(CC4CCCCC4)C3=O)C2)cn1. The highest BCUT2D eigenvalue weighted by Gasteiger charge is 2.49. The maximum absolute atomic E-state index is 13.4. The Morgan fingerprint density at radius 1 is 1.18 bits per heavy atom. The maximum atomic E-state index is 13.4. The standard InChI is InChI=1S/C22H34N4O2/c1-24-15-19(14-23-24)8-9-20(27)26-13-11-22(17-26)10-5-12-25(21(22)28)16-18-6-3-2-4-7-18/h14-15,18H,2-13,16-17H2,1H3. The fourth-order valence-corrected chi connectivity index (χ4v) is 5.48. The van der Waals surface area contributed by atoms with E-state index in [1.54, 1.807) is 4.68 Å². The monoisotopic (exact) mass is 386 g/mol. The smallest absolute Gasteiger partial charge is 0.230 e. The molecule has 3 fully saturated rings. The molecule has 1 aromatic rings. The summed E-state index contributed by atoms with van der Waals surface area (Å²) >= 11 is 0. The zero-order valence-electron chi connectivity index (χ0n) is 17.2. The molecule has 0 aromatic carbocycles. The molecule has 6 nitrogen and oxygen atoms in total. The van der Waals surface area contributed by atoms with E-state index in [2.05, 4.69) is 10.00 Å². The van der Waals surface area contributed by atoms with Crippen LogP contribution in [0.1, 0.15) is 63.4 Å². The molecule has 1 aromatic heterocycles. The molecule has 2 aliphatic heterocycles. The highest BCUT2D eigenvalue weighted by molar-refractivity contribution is 5.86. The summed E-state index contributed by atoms with van der Waals surface area (Å²) in [7, 11) is 1.89. The molecule has 1 unspecified atom stereocenters. The minimum absolute atomic E-state index is 0.179. The first-order valence-electron chi connectivity index (χ1n) is 11.1. The van der Waals surface area contributed by atoms with Crippen LogP contribution < -0.4 is 0 Å². The van der Waals surface area contributed by atoms with Gasteiger partial charge in [-0.1, -0.05) is 19.3 Å². The quantitative estimate of drug-likeness (QED) is 0.782. The Kier molecular flexibility index (Phi) is 5.74. The highest BCUT2D eigenvalue weighted by atomic mass is 16.2. The molecule has 3 aliphatic rings. The van der Waals surface area contributed by atoms with Gasteiger partial charge in [0.25, 0.3) is 0 Å². The van der Waals surface area contributed by atoms with Gasteiger partial charge in [-0.05, 0) is 50.0 Å². The summed E-state index contributed by atoms with van der Waals surface area (Å²) in [4.78, 5) is 30.2. The molecular weight excluding hydrogens is 352 g/mol. The Balaban J connectivity index is 1.33. The summed E-state index contributed by atoms with van der Waals surface area (Å²) in [6, 6.07) is 0. The van der Waals surface area contributed by atoms with Gasteiger partial charge in [-0.25, -0.2) is 0 Å². The van der Waals surface area contributed by atoms with Crippen molar-refractivity contribution in [1.82, 2.24) is 19.6 Å². The van der Waals surface area contributed by atoms with Crippen molar-refractivity contribution in [3.05, 3.63) is 18.0 Å². The molecular formula is C22H34N4O2. The van der Waals surface area contributed by atoms with Gasteiger partial charge in [-0.2, -0.15) is 5.10 Å². The summed E-state index contributed by atoms with van der Waals surface area (Å²) in [5, 5.41) is 4.17. The van der Waals surface area contributed by atoms with Gasteiger partial charge in [0.15, 0.2) is 0 Å². The third-order valence-corrected chi connectivity index (χ3v) is 7.12. The second-order valence-corrected chi connectivity index (χ2v) is 9.23. The van der Waals surface area contributed by atoms with Crippen molar-refractivity contribution >= 4 is 11.8 Å². The minimum Gasteiger partial charge on any atom is -0.342 e. The van der Waals surface area contributed by atoms with Crippen molar-refractivity contribution in [3.8, 4) is 0 Å². The zero-order chi connectivity index (χ0) is 19.6. The number of nitrogens with zero attached hydrogens (tertiary/aromatic N) is 4. The van der Waals surface area contributed by atoms with Crippen LogP contribution in [0.15, 0.2) is 12.4 Å². The number of aromatic nitrogens is 2. The van der Waals surface area contributed by atoms with Crippen molar-refractivity contribution in [2.45, 2.75) is 64.2 Å². The van der Waals surface area contributed by atoms with Gasteiger partial charge in [-0.3, -0.25) is 14.3 Å². The lowest BCUT2D eigenvalue weighted by Crippen LogP contribution is -2.51. The Bertz CT molecular complexity index is 709. The lowest BCUT2D eigenvalue weighted by molar-refractivity contribution is -0.147. The number of hydrogen-bond donors (Lipinski definition) is 0. The summed E-state index contributed by atoms with van der Waals surface area (Å²) in [6.45, 7) is 3.20. The van der Waals surface area contributed by atoms with E-state index in [4.69, 9.17) is 0 Å². The van der Waals surface area contributed by atoms with Crippen LogP contribution in [0.5, 0.6) is 0 Å². The molecule has 0 bridgehead atoms. The number of amides is 2. The fourth-order valence-electron chi connectivity index (χ4n) is 5.48. The average Bonchev–Trinajstić information content (AvgIpc) is 3.32. The van der Waals surface area contributed by atoms with Crippen LogP contribution in [0.4, 0.5) is 0 Å². The summed E-state index contributed by atoms with van der Waals surface area (Å²) in [5.74, 6) is 1.19. The predicted molar refractivity (Wildman–Crippen MR) is 108 cm³/mol. The number of carbonyl (C=O) groups excluding carboxylic acids is 2. The Hall–Kier alpha value is -1.85. The van der Waals surface area contributed by atoms with Gasteiger partial charge in [0, 0.05) is 45.8 Å². The Morgan fingerprint density at radius 2 is 2.00 bits per heavy atom. The molecule has 154 valence electrons. The highest BCUT2D eigenvalue weighted by Crippen LogP contribution is 2.41. The molecule has 3 heterocycles. The van der Waals surface area contributed by atoms with Crippen LogP contribution in [0.2, 0.25) is 0 Å². The van der Waals surface area contributed by atoms with E-state index >= 15 is 0 Å². The van der Waals surface area contributed by atoms with Crippen molar-refractivity contribution in [3.63, 3.8) is 0 Å². The molecule has 1 saturated carbocycles. The van der Waals surface area contributed by atoms with Gasteiger partial charge in [-0.15, -0.1) is 0 Å². The fraction of sp³-hybridized carbons (Fsp3) is 0.773. The average molecular weight is 387 g/mol. The van der Waals surface area contributed by atoms with Gasteiger partial charge in [0.1, 0.15) is 0 Å². The van der Waals surface area contributed by atoms with E-state index in [-0.39, 0.29) is 11.3 Å². The zero-order valence-corrected chi connectivity index (χ0v) is 17.2. The van der Waals surface area contributed by atoms with Crippen LogP contribution in [0.25, 0.3) is 0 Å². The molecule has 28 heavy (non-hydrogen) atoms. The number of rotatable bonds is 5.